The number of hydrogen-bond donors (Lipinski definition) is 0. The molecule has 0 radical (unpaired) electrons. The molecule has 0 spiro atoms. The van der Waals surface area contributed by atoms with Crippen LogP contribution in [0.5, 0.6) is 0 Å². The van der Waals surface area contributed by atoms with Crippen molar-refractivity contribution in [1.82, 2.24) is 0 Å². The maximum Gasteiger partial charge on any atom is 0.334 e. The first kappa shape index (κ1) is 16.0. The topological polar surface area (TPSA) is 35.5 Å². The van der Waals surface area contributed by atoms with Crippen molar-refractivity contribution in [2.24, 2.45) is 5.41 Å². The van der Waals surface area contributed by atoms with E-state index < -0.39 is 8.32 Å². The standard InChI is InChI=1S/C13H24O3Si/c1-8-13(3,4)11(16-17(5,6)7)10-12(14)15-9-2/h8,10H,1,9H2,2-7H3/b11-10-. The Morgan fingerprint density at radius 1 is 1.35 bits per heavy atom. The van der Waals surface area contributed by atoms with Crippen LogP contribution in [0.4, 0.5) is 0 Å². The summed E-state index contributed by atoms with van der Waals surface area (Å²) >= 11 is 0. The number of carbonyl (C=O) groups excluding carboxylic acids is 1. The lowest BCUT2D eigenvalue weighted by atomic mass is 9.91. The molecule has 17 heavy (non-hydrogen) atoms. The van der Waals surface area contributed by atoms with Gasteiger partial charge in [0.1, 0.15) is 0 Å². The number of rotatable bonds is 6. The van der Waals surface area contributed by atoms with E-state index in [1.807, 2.05) is 13.8 Å². The van der Waals surface area contributed by atoms with Crippen LogP contribution in [0.25, 0.3) is 0 Å². The lowest BCUT2D eigenvalue weighted by Crippen LogP contribution is -2.30. The van der Waals surface area contributed by atoms with E-state index in [4.69, 9.17) is 9.16 Å². The van der Waals surface area contributed by atoms with Crippen molar-refractivity contribution in [3.05, 3.63) is 24.5 Å². The highest BCUT2D eigenvalue weighted by atomic mass is 28.4. The fraction of sp³-hybridized carbons (Fsp3) is 0.615. The third-order valence-corrected chi connectivity index (χ3v) is 2.93. The molecule has 0 bridgehead atoms. The van der Waals surface area contributed by atoms with Crippen LogP contribution in [0.1, 0.15) is 20.8 Å². The van der Waals surface area contributed by atoms with Crippen LogP contribution in [0, 0.1) is 5.41 Å². The Balaban J connectivity index is 5.12. The zero-order valence-corrected chi connectivity index (χ0v) is 12.8. The lowest BCUT2D eigenvalue weighted by Gasteiger charge is -2.30. The normalized spacial score (nSPS) is 13.2. The highest BCUT2D eigenvalue weighted by Gasteiger charge is 2.27. The van der Waals surface area contributed by atoms with Gasteiger partial charge in [0.05, 0.1) is 18.4 Å². The number of allylic oxidation sites excluding steroid dienone is 1. The van der Waals surface area contributed by atoms with E-state index in [-0.39, 0.29) is 11.4 Å². The summed E-state index contributed by atoms with van der Waals surface area (Å²) in [6, 6.07) is 0. The number of esters is 1. The Morgan fingerprint density at radius 2 is 1.88 bits per heavy atom. The number of hydrogen-bond acceptors (Lipinski definition) is 3. The van der Waals surface area contributed by atoms with Crippen LogP contribution in [0.15, 0.2) is 24.5 Å². The van der Waals surface area contributed by atoms with Crippen LogP contribution in [0.2, 0.25) is 19.6 Å². The van der Waals surface area contributed by atoms with Gasteiger partial charge in [-0.3, -0.25) is 0 Å². The smallest absolute Gasteiger partial charge is 0.334 e. The van der Waals surface area contributed by atoms with Crippen LogP contribution in [-0.2, 0) is 14.0 Å². The van der Waals surface area contributed by atoms with Crippen molar-refractivity contribution in [2.45, 2.75) is 40.4 Å². The predicted molar refractivity (Wildman–Crippen MR) is 73.1 cm³/mol. The van der Waals surface area contributed by atoms with Gasteiger partial charge in [0.15, 0.2) is 0 Å². The van der Waals surface area contributed by atoms with E-state index in [1.165, 1.54) is 6.08 Å². The molecule has 98 valence electrons. The zero-order chi connectivity index (χ0) is 13.7. The Kier molecular flexibility index (Phi) is 5.68. The number of carbonyl (C=O) groups is 1. The quantitative estimate of drug-likeness (QED) is 0.240. The average molecular weight is 256 g/mol. The molecule has 0 rings (SSSR count). The minimum atomic E-state index is -1.76. The van der Waals surface area contributed by atoms with Crippen molar-refractivity contribution in [3.63, 3.8) is 0 Å². The summed E-state index contributed by atoms with van der Waals surface area (Å²) in [5.74, 6) is 0.265. The molecule has 0 aromatic heterocycles. The molecule has 0 aliphatic rings. The molecule has 0 heterocycles. The molecule has 0 N–H and O–H groups in total. The molecule has 0 aliphatic heterocycles. The van der Waals surface area contributed by atoms with Gasteiger partial charge in [-0.05, 0) is 40.4 Å². The molecule has 4 heteroatoms. The van der Waals surface area contributed by atoms with E-state index in [0.29, 0.717) is 12.4 Å². The highest BCUT2D eigenvalue weighted by Crippen LogP contribution is 2.30. The highest BCUT2D eigenvalue weighted by molar-refractivity contribution is 6.70. The van der Waals surface area contributed by atoms with Gasteiger partial charge in [-0.1, -0.05) is 6.08 Å². The molecule has 3 nitrogen and oxygen atoms in total. The lowest BCUT2D eigenvalue weighted by molar-refractivity contribution is -0.137. The first-order chi connectivity index (χ1) is 7.62. The fourth-order valence-corrected chi connectivity index (χ4v) is 2.05. The largest absolute Gasteiger partial charge is 0.546 e. The van der Waals surface area contributed by atoms with Gasteiger partial charge in [0, 0.05) is 5.41 Å². The first-order valence-corrected chi connectivity index (χ1v) is 9.24. The van der Waals surface area contributed by atoms with Gasteiger partial charge < -0.3 is 9.16 Å². The molecule has 0 aromatic carbocycles. The minimum Gasteiger partial charge on any atom is -0.546 e. The summed E-state index contributed by atoms with van der Waals surface area (Å²) in [4.78, 5) is 11.5. The van der Waals surface area contributed by atoms with E-state index in [0.717, 1.165) is 0 Å². The van der Waals surface area contributed by atoms with Crippen LogP contribution < -0.4 is 0 Å². The molecule has 0 atom stereocenters. The third-order valence-electron chi connectivity index (χ3n) is 2.10. The Hall–Kier alpha value is -1.03. The molecule has 0 fully saturated rings. The van der Waals surface area contributed by atoms with Crippen molar-refractivity contribution in [3.8, 4) is 0 Å². The predicted octanol–water partition coefficient (Wildman–Crippen LogP) is 3.50. The van der Waals surface area contributed by atoms with Crippen LogP contribution in [0.3, 0.4) is 0 Å². The van der Waals surface area contributed by atoms with Crippen LogP contribution >= 0.6 is 0 Å². The van der Waals surface area contributed by atoms with Gasteiger partial charge in [0.25, 0.3) is 0 Å². The van der Waals surface area contributed by atoms with E-state index >= 15 is 0 Å². The summed E-state index contributed by atoms with van der Waals surface area (Å²) in [5, 5.41) is 0. The van der Waals surface area contributed by atoms with Gasteiger partial charge in [0.2, 0.25) is 8.32 Å². The third kappa shape index (κ3) is 6.31. The molecule has 0 amide bonds. The molecule has 0 saturated carbocycles. The summed E-state index contributed by atoms with van der Waals surface area (Å²) in [5.41, 5.74) is -0.368. The first-order valence-electron chi connectivity index (χ1n) is 5.84. The SMILES string of the molecule is C=CC(C)(C)/C(=C/C(=O)OCC)O[Si](C)(C)C. The Bertz CT molecular complexity index is 311. The molecular weight excluding hydrogens is 232 g/mol. The zero-order valence-electron chi connectivity index (χ0n) is 11.8. The summed E-state index contributed by atoms with van der Waals surface area (Å²) in [6.45, 7) is 16.1. The maximum absolute atomic E-state index is 11.5. The summed E-state index contributed by atoms with van der Waals surface area (Å²) in [6.07, 6.45) is 3.21. The van der Waals surface area contributed by atoms with Crippen molar-refractivity contribution >= 4 is 14.3 Å². The molecule has 0 unspecified atom stereocenters. The second-order valence-corrected chi connectivity index (χ2v) is 9.83. The molecule has 0 aromatic rings. The van der Waals surface area contributed by atoms with Crippen molar-refractivity contribution in [2.75, 3.05) is 6.61 Å². The Labute approximate surface area is 106 Å². The van der Waals surface area contributed by atoms with E-state index in [9.17, 15) is 4.79 Å². The van der Waals surface area contributed by atoms with Crippen molar-refractivity contribution in [1.29, 1.82) is 0 Å². The summed E-state index contributed by atoms with van der Waals surface area (Å²) < 4.78 is 10.9. The van der Waals surface area contributed by atoms with Gasteiger partial charge in [-0.2, -0.15) is 0 Å². The number of ether oxygens (including phenoxy) is 1. The van der Waals surface area contributed by atoms with Gasteiger partial charge >= 0.3 is 5.97 Å². The summed E-state index contributed by atoms with van der Waals surface area (Å²) in [7, 11) is -1.76. The second-order valence-electron chi connectivity index (χ2n) is 5.40. The van der Waals surface area contributed by atoms with Gasteiger partial charge in [-0.15, -0.1) is 6.58 Å². The maximum atomic E-state index is 11.5. The average Bonchev–Trinajstić information content (AvgIpc) is 2.15. The molecular formula is C13H24O3Si. The monoisotopic (exact) mass is 256 g/mol. The minimum absolute atomic E-state index is 0.365. The van der Waals surface area contributed by atoms with E-state index in [1.54, 1.807) is 13.0 Å². The molecule has 0 saturated heterocycles. The molecule has 0 aliphatic carbocycles. The fourth-order valence-electron chi connectivity index (χ4n) is 1.07. The van der Waals surface area contributed by atoms with E-state index in [2.05, 4.69) is 26.2 Å². The van der Waals surface area contributed by atoms with Gasteiger partial charge in [-0.25, -0.2) is 4.79 Å². The van der Waals surface area contributed by atoms with Crippen molar-refractivity contribution < 1.29 is 14.0 Å². The second kappa shape index (κ2) is 6.05. The van der Waals surface area contributed by atoms with Crippen LogP contribution in [-0.4, -0.2) is 20.9 Å². The Morgan fingerprint density at radius 3 is 2.24 bits per heavy atom.